The lowest BCUT2D eigenvalue weighted by Crippen LogP contribution is -2.30. The summed E-state index contributed by atoms with van der Waals surface area (Å²) in [5.74, 6) is 0.865. The van der Waals surface area contributed by atoms with Crippen molar-refractivity contribution < 1.29 is 14.3 Å². The molecule has 2 aromatic heterocycles. The first-order chi connectivity index (χ1) is 16.0. The standard InChI is InChI=1S/C26H26N4O3/c1-17-8-7-15-30-25(17)29-24(20-9-5-4-6-10-20)26(30)28-23(32)16-22(27-18(2)31)19-11-13-21(33-3)14-12-19/h4-15,22H,16H2,1-3H3,(H,27,31)(H,28,32). The lowest BCUT2D eigenvalue weighted by atomic mass is 10.0. The van der Waals surface area contributed by atoms with Crippen LogP contribution in [0.5, 0.6) is 5.75 Å². The Balaban J connectivity index is 1.66. The molecule has 0 saturated carbocycles. The largest absolute Gasteiger partial charge is 0.497 e. The summed E-state index contributed by atoms with van der Waals surface area (Å²) < 4.78 is 7.10. The van der Waals surface area contributed by atoms with Crippen molar-refractivity contribution in [2.24, 2.45) is 0 Å². The molecule has 4 rings (SSSR count). The summed E-state index contributed by atoms with van der Waals surface area (Å²) in [5.41, 5.74) is 4.20. The van der Waals surface area contributed by atoms with Crippen molar-refractivity contribution in [3.8, 4) is 17.0 Å². The number of carbonyl (C=O) groups excluding carboxylic acids is 2. The van der Waals surface area contributed by atoms with Crippen molar-refractivity contribution in [2.45, 2.75) is 26.3 Å². The summed E-state index contributed by atoms with van der Waals surface area (Å²) in [5, 5.41) is 5.91. The molecule has 0 aliphatic carbocycles. The average Bonchev–Trinajstić information content (AvgIpc) is 3.18. The number of methoxy groups -OCH3 is 1. The number of anilines is 1. The quantitative estimate of drug-likeness (QED) is 0.441. The molecule has 0 radical (unpaired) electrons. The SMILES string of the molecule is COc1ccc(C(CC(=O)Nc2c(-c3ccccc3)nc3c(C)cccn23)NC(C)=O)cc1. The minimum absolute atomic E-state index is 0.0686. The summed E-state index contributed by atoms with van der Waals surface area (Å²) in [6.07, 6.45) is 1.95. The van der Waals surface area contributed by atoms with Gasteiger partial charge in [-0.05, 0) is 36.2 Å². The first-order valence-electron chi connectivity index (χ1n) is 10.7. The highest BCUT2D eigenvalue weighted by atomic mass is 16.5. The summed E-state index contributed by atoms with van der Waals surface area (Å²) in [4.78, 5) is 29.8. The van der Waals surface area contributed by atoms with Crippen LogP contribution in [0, 0.1) is 6.92 Å². The number of nitrogens with one attached hydrogen (secondary N) is 2. The number of aromatic nitrogens is 2. The van der Waals surface area contributed by atoms with Gasteiger partial charge in [-0.1, -0.05) is 48.5 Å². The van der Waals surface area contributed by atoms with Crippen LogP contribution in [0.15, 0.2) is 72.9 Å². The van der Waals surface area contributed by atoms with Gasteiger partial charge in [0.1, 0.15) is 22.9 Å². The van der Waals surface area contributed by atoms with Crippen LogP contribution in [0.2, 0.25) is 0 Å². The van der Waals surface area contributed by atoms with Crippen LogP contribution < -0.4 is 15.4 Å². The van der Waals surface area contributed by atoms with Crippen molar-refractivity contribution in [1.82, 2.24) is 14.7 Å². The van der Waals surface area contributed by atoms with Gasteiger partial charge in [-0.3, -0.25) is 14.0 Å². The topological polar surface area (TPSA) is 84.7 Å². The van der Waals surface area contributed by atoms with Gasteiger partial charge in [0.15, 0.2) is 0 Å². The smallest absolute Gasteiger partial charge is 0.227 e. The van der Waals surface area contributed by atoms with E-state index in [0.29, 0.717) is 17.3 Å². The fourth-order valence-corrected chi connectivity index (χ4v) is 3.82. The highest BCUT2D eigenvalue weighted by Gasteiger charge is 2.21. The Hall–Kier alpha value is -4.13. The van der Waals surface area contributed by atoms with E-state index in [1.807, 2.05) is 84.3 Å². The highest BCUT2D eigenvalue weighted by molar-refractivity contribution is 5.95. The van der Waals surface area contributed by atoms with E-state index in [0.717, 1.165) is 22.3 Å². The lowest BCUT2D eigenvalue weighted by molar-refractivity contribution is -0.120. The molecule has 0 saturated heterocycles. The Morgan fingerprint density at radius 2 is 1.76 bits per heavy atom. The summed E-state index contributed by atoms with van der Waals surface area (Å²) >= 11 is 0. The lowest BCUT2D eigenvalue weighted by Gasteiger charge is -2.18. The number of fused-ring (bicyclic) bond motifs is 1. The molecule has 0 aliphatic rings. The van der Waals surface area contributed by atoms with Gasteiger partial charge in [-0.15, -0.1) is 0 Å². The molecular formula is C26H26N4O3. The summed E-state index contributed by atoms with van der Waals surface area (Å²) in [6.45, 7) is 3.42. The molecule has 2 N–H and O–H groups in total. The van der Waals surface area contributed by atoms with Gasteiger partial charge in [-0.25, -0.2) is 4.98 Å². The van der Waals surface area contributed by atoms with Crippen LogP contribution in [0.4, 0.5) is 5.82 Å². The van der Waals surface area contributed by atoms with E-state index in [1.54, 1.807) is 7.11 Å². The number of rotatable bonds is 7. The zero-order valence-electron chi connectivity index (χ0n) is 18.8. The molecule has 33 heavy (non-hydrogen) atoms. The number of hydrogen-bond donors (Lipinski definition) is 2. The second-order valence-corrected chi connectivity index (χ2v) is 7.84. The molecule has 0 aliphatic heterocycles. The minimum atomic E-state index is -0.477. The molecule has 2 amide bonds. The molecule has 4 aromatic rings. The normalized spacial score (nSPS) is 11.7. The van der Waals surface area contributed by atoms with Crippen molar-refractivity contribution >= 4 is 23.3 Å². The zero-order valence-corrected chi connectivity index (χ0v) is 18.8. The number of aryl methyl sites for hydroxylation is 1. The molecule has 7 heteroatoms. The van der Waals surface area contributed by atoms with Crippen molar-refractivity contribution in [3.63, 3.8) is 0 Å². The molecular weight excluding hydrogens is 416 g/mol. The first kappa shape index (κ1) is 22.1. The maximum atomic E-state index is 13.2. The number of hydrogen-bond acceptors (Lipinski definition) is 4. The number of ether oxygens (including phenoxy) is 1. The number of nitrogens with zero attached hydrogens (tertiary/aromatic N) is 2. The number of imidazole rings is 1. The maximum absolute atomic E-state index is 13.2. The molecule has 1 unspecified atom stereocenters. The third-order valence-electron chi connectivity index (χ3n) is 5.44. The van der Waals surface area contributed by atoms with Crippen LogP contribution in [0.25, 0.3) is 16.9 Å². The number of carbonyl (C=O) groups is 2. The van der Waals surface area contributed by atoms with E-state index in [9.17, 15) is 9.59 Å². The second kappa shape index (κ2) is 9.56. The monoisotopic (exact) mass is 442 g/mol. The van der Waals surface area contributed by atoms with E-state index in [1.165, 1.54) is 6.92 Å². The highest BCUT2D eigenvalue weighted by Crippen LogP contribution is 2.30. The van der Waals surface area contributed by atoms with Crippen molar-refractivity contribution in [3.05, 3.63) is 84.1 Å². The Kier molecular flexibility index (Phi) is 6.40. The van der Waals surface area contributed by atoms with E-state index < -0.39 is 6.04 Å². The minimum Gasteiger partial charge on any atom is -0.497 e. The molecule has 168 valence electrons. The predicted molar refractivity (Wildman–Crippen MR) is 128 cm³/mol. The van der Waals surface area contributed by atoms with Crippen LogP contribution in [0.3, 0.4) is 0 Å². The maximum Gasteiger partial charge on any atom is 0.227 e. The van der Waals surface area contributed by atoms with Gasteiger partial charge >= 0.3 is 0 Å². The molecule has 0 bridgehead atoms. The summed E-state index contributed by atoms with van der Waals surface area (Å²) in [6, 6.07) is 20.5. The Morgan fingerprint density at radius 1 is 1.03 bits per heavy atom. The Bertz CT molecular complexity index is 1280. The molecule has 1 atom stereocenters. The number of amides is 2. The van der Waals surface area contributed by atoms with Crippen molar-refractivity contribution in [2.75, 3.05) is 12.4 Å². The summed E-state index contributed by atoms with van der Waals surface area (Å²) in [7, 11) is 1.59. The van der Waals surface area contributed by atoms with Crippen molar-refractivity contribution in [1.29, 1.82) is 0 Å². The molecule has 0 fully saturated rings. The predicted octanol–water partition coefficient (Wildman–Crippen LogP) is 4.52. The van der Waals surface area contributed by atoms with E-state index in [4.69, 9.17) is 9.72 Å². The third-order valence-corrected chi connectivity index (χ3v) is 5.44. The fraction of sp³-hybridized carbons (Fsp3) is 0.192. The van der Waals surface area contributed by atoms with Gasteiger partial charge in [0.2, 0.25) is 11.8 Å². The molecule has 0 spiro atoms. The van der Waals surface area contributed by atoms with E-state index in [2.05, 4.69) is 10.6 Å². The van der Waals surface area contributed by atoms with Crippen LogP contribution in [-0.2, 0) is 9.59 Å². The average molecular weight is 443 g/mol. The second-order valence-electron chi connectivity index (χ2n) is 7.84. The zero-order chi connectivity index (χ0) is 23.4. The van der Waals surface area contributed by atoms with Gasteiger partial charge in [-0.2, -0.15) is 0 Å². The third kappa shape index (κ3) is 4.87. The van der Waals surface area contributed by atoms with E-state index in [-0.39, 0.29) is 18.2 Å². The van der Waals surface area contributed by atoms with E-state index >= 15 is 0 Å². The molecule has 2 aromatic carbocycles. The molecule has 2 heterocycles. The van der Waals surface area contributed by atoms with Gasteiger partial charge < -0.3 is 15.4 Å². The Labute approximate surface area is 192 Å². The van der Waals surface area contributed by atoms with Gasteiger partial charge in [0, 0.05) is 18.7 Å². The van der Waals surface area contributed by atoms with Gasteiger partial charge in [0.25, 0.3) is 0 Å². The van der Waals surface area contributed by atoms with Crippen LogP contribution in [0.1, 0.15) is 30.5 Å². The number of benzene rings is 2. The molecule has 7 nitrogen and oxygen atoms in total. The number of pyridine rings is 1. The first-order valence-corrected chi connectivity index (χ1v) is 10.7. The van der Waals surface area contributed by atoms with Crippen LogP contribution >= 0.6 is 0 Å². The fourth-order valence-electron chi connectivity index (χ4n) is 3.82. The Morgan fingerprint density at radius 3 is 2.42 bits per heavy atom. The van der Waals surface area contributed by atoms with Crippen LogP contribution in [-0.4, -0.2) is 28.3 Å². The van der Waals surface area contributed by atoms with Gasteiger partial charge in [0.05, 0.1) is 19.6 Å².